The van der Waals surface area contributed by atoms with Gasteiger partial charge < -0.3 is 15.4 Å². The Bertz CT molecular complexity index is 1050. The second-order valence-electron chi connectivity index (χ2n) is 6.54. The average Bonchev–Trinajstić information content (AvgIpc) is 2.71. The molecule has 0 spiro atoms. The number of hydrogen-bond donors (Lipinski definition) is 2. The van der Waals surface area contributed by atoms with Crippen molar-refractivity contribution >= 4 is 23.6 Å². The summed E-state index contributed by atoms with van der Waals surface area (Å²) < 4.78 is 5.82. The van der Waals surface area contributed by atoms with Gasteiger partial charge in [0, 0.05) is 36.8 Å². The molecule has 29 heavy (non-hydrogen) atoms. The van der Waals surface area contributed by atoms with Crippen LogP contribution in [0, 0.1) is 13.8 Å². The van der Waals surface area contributed by atoms with E-state index in [0.29, 0.717) is 23.2 Å². The van der Waals surface area contributed by atoms with Crippen LogP contribution in [0.15, 0.2) is 54.6 Å². The van der Waals surface area contributed by atoms with Gasteiger partial charge in [-0.15, -0.1) is 0 Å². The fraction of sp³-hybridized carbons (Fsp3) is 0.182. The summed E-state index contributed by atoms with van der Waals surface area (Å²) in [5, 5.41) is 5.74. The van der Waals surface area contributed by atoms with Gasteiger partial charge in [-0.05, 0) is 45.0 Å². The van der Waals surface area contributed by atoms with Gasteiger partial charge in [0.05, 0.1) is 5.69 Å². The summed E-state index contributed by atoms with van der Waals surface area (Å²) >= 11 is 0. The zero-order valence-electron chi connectivity index (χ0n) is 16.9. The number of carbonyl (C=O) groups excluding carboxylic acids is 1. The van der Waals surface area contributed by atoms with E-state index >= 15 is 0 Å². The molecule has 0 aliphatic heterocycles. The molecular formula is C22H23N5O2. The highest BCUT2D eigenvalue weighted by molar-refractivity contribution is 5.92. The molecule has 0 aliphatic rings. The van der Waals surface area contributed by atoms with Gasteiger partial charge in [-0.25, -0.2) is 9.97 Å². The molecular weight excluding hydrogens is 366 g/mol. The molecule has 1 amide bonds. The van der Waals surface area contributed by atoms with Crippen molar-refractivity contribution in [1.82, 2.24) is 20.3 Å². The molecule has 2 heterocycles. The molecule has 148 valence electrons. The molecule has 2 aromatic heterocycles. The van der Waals surface area contributed by atoms with E-state index in [9.17, 15) is 4.79 Å². The Morgan fingerprint density at radius 2 is 1.86 bits per heavy atom. The van der Waals surface area contributed by atoms with Crippen LogP contribution >= 0.6 is 0 Å². The third kappa shape index (κ3) is 5.38. The fourth-order valence-corrected chi connectivity index (χ4v) is 2.61. The van der Waals surface area contributed by atoms with Gasteiger partial charge in [-0.3, -0.25) is 9.78 Å². The summed E-state index contributed by atoms with van der Waals surface area (Å²) in [6.07, 6.45) is 5.13. The Labute approximate surface area is 169 Å². The van der Waals surface area contributed by atoms with E-state index in [1.54, 1.807) is 25.4 Å². The monoisotopic (exact) mass is 389 g/mol. The number of benzene rings is 1. The summed E-state index contributed by atoms with van der Waals surface area (Å²) in [5.74, 6) is 1.44. The van der Waals surface area contributed by atoms with Crippen molar-refractivity contribution in [2.75, 3.05) is 12.4 Å². The summed E-state index contributed by atoms with van der Waals surface area (Å²) in [6, 6.07) is 11.3. The first-order valence-corrected chi connectivity index (χ1v) is 9.16. The van der Waals surface area contributed by atoms with Gasteiger partial charge in [0.2, 0.25) is 5.95 Å². The predicted octanol–water partition coefficient (Wildman–Crippen LogP) is 4.03. The van der Waals surface area contributed by atoms with E-state index in [-0.39, 0.29) is 5.91 Å². The van der Waals surface area contributed by atoms with Crippen LogP contribution in [-0.2, 0) is 0 Å². The summed E-state index contributed by atoms with van der Waals surface area (Å²) in [6.45, 7) is 5.79. The van der Waals surface area contributed by atoms with Gasteiger partial charge in [0.1, 0.15) is 17.2 Å². The Morgan fingerprint density at radius 1 is 1.10 bits per heavy atom. The smallest absolute Gasteiger partial charge is 0.269 e. The molecule has 3 rings (SSSR count). The molecule has 0 unspecified atom stereocenters. The molecule has 2 N–H and O–H groups in total. The van der Waals surface area contributed by atoms with Gasteiger partial charge in [-0.1, -0.05) is 17.7 Å². The Kier molecular flexibility index (Phi) is 6.19. The van der Waals surface area contributed by atoms with Gasteiger partial charge in [-0.2, -0.15) is 0 Å². The minimum atomic E-state index is -0.266. The van der Waals surface area contributed by atoms with Crippen molar-refractivity contribution in [3.8, 4) is 5.75 Å². The molecule has 0 saturated carbocycles. The Hall–Kier alpha value is -3.74. The number of rotatable bonds is 6. The second-order valence-corrected chi connectivity index (χ2v) is 6.54. The number of aromatic nitrogens is 3. The van der Waals surface area contributed by atoms with Crippen molar-refractivity contribution in [3.05, 3.63) is 77.1 Å². The molecule has 7 nitrogen and oxygen atoms in total. The van der Waals surface area contributed by atoms with Crippen LogP contribution in [0.5, 0.6) is 5.75 Å². The molecule has 0 fully saturated rings. The largest absolute Gasteiger partial charge is 0.462 e. The molecule has 7 heteroatoms. The van der Waals surface area contributed by atoms with E-state index < -0.39 is 0 Å². The molecule has 1 aromatic carbocycles. The topological polar surface area (TPSA) is 89.0 Å². The second kappa shape index (κ2) is 8.97. The summed E-state index contributed by atoms with van der Waals surface area (Å²) in [7, 11) is 1.56. The van der Waals surface area contributed by atoms with Gasteiger partial charge in [0.15, 0.2) is 0 Å². The number of allylic oxidation sites excluding steroid dienone is 1. The molecule has 0 saturated heterocycles. The Morgan fingerprint density at radius 3 is 2.55 bits per heavy atom. The van der Waals surface area contributed by atoms with Gasteiger partial charge in [0.25, 0.3) is 5.91 Å². The number of ether oxygens (including phenoxy) is 1. The highest BCUT2D eigenvalue weighted by Gasteiger charge is 2.07. The normalized spacial score (nSPS) is 11.1. The van der Waals surface area contributed by atoms with E-state index in [4.69, 9.17) is 4.74 Å². The molecule has 0 radical (unpaired) electrons. The van der Waals surface area contributed by atoms with Crippen LogP contribution in [-0.4, -0.2) is 27.9 Å². The minimum absolute atomic E-state index is 0.266. The first kappa shape index (κ1) is 20.0. The van der Waals surface area contributed by atoms with Crippen molar-refractivity contribution in [1.29, 1.82) is 0 Å². The maximum Gasteiger partial charge on any atom is 0.269 e. The number of hydrogen-bond acceptors (Lipinski definition) is 6. The van der Waals surface area contributed by atoms with Crippen molar-refractivity contribution in [3.63, 3.8) is 0 Å². The average molecular weight is 389 g/mol. The molecule has 0 atom stereocenters. The van der Waals surface area contributed by atoms with Crippen molar-refractivity contribution in [2.45, 2.75) is 20.8 Å². The third-order valence-electron chi connectivity index (χ3n) is 4.15. The number of anilines is 2. The lowest BCUT2D eigenvalue weighted by Gasteiger charge is -2.09. The zero-order valence-corrected chi connectivity index (χ0v) is 16.9. The van der Waals surface area contributed by atoms with Crippen LogP contribution in [0.25, 0.3) is 6.08 Å². The van der Waals surface area contributed by atoms with Gasteiger partial charge >= 0.3 is 0 Å². The number of carbonyl (C=O) groups is 1. The number of amides is 1. The van der Waals surface area contributed by atoms with Crippen LogP contribution in [0.2, 0.25) is 0 Å². The first-order chi connectivity index (χ1) is 13.9. The zero-order chi connectivity index (χ0) is 20.8. The standard InChI is InChI=1S/C22H23N5O2/c1-14-5-7-18(8-6-14)27-22-25-13-17(16(3)26-22)11-15(2)29-19-9-10-24-20(12-19)21(28)23-4/h5-13H,1-4H3,(H,23,28)(H,25,26,27)/b15-11+. The number of nitrogens with zero attached hydrogens (tertiary/aromatic N) is 3. The number of nitrogens with one attached hydrogen (secondary N) is 2. The van der Waals surface area contributed by atoms with E-state index in [0.717, 1.165) is 16.9 Å². The predicted molar refractivity (Wildman–Crippen MR) is 113 cm³/mol. The first-order valence-electron chi connectivity index (χ1n) is 9.16. The quantitative estimate of drug-likeness (QED) is 0.619. The van der Waals surface area contributed by atoms with E-state index in [1.807, 2.05) is 51.1 Å². The highest BCUT2D eigenvalue weighted by atomic mass is 16.5. The van der Waals surface area contributed by atoms with Crippen LogP contribution in [0.4, 0.5) is 11.6 Å². The van der Waals surface area contributed by atoms with Crippen LogP contribution in [0.1, 0.15) is 34.2 Å². The fourth-order valence-electron chi connectivity index (χ4n) is 2.61. The number of aryl methyl sites for hydroxylation is 2. The van der Waals surface area contributed by atoms with Crippen molar-refractivity contribution in [2.24, 2.45) is 0 Å². The maximum absolute atomic E-state index is 11.7. The summed E-state index contributed by atoms with van der Waals surface area (Å²) in [4.78, 5) is 24.6. The number of pyridine rings is 1. The lowest BCUT2D eigenvalue weighted by atomic mass is 10.2. The van der Waals surface area contributed by atoms with Crippen LogP contribution in [0.3, 0.4) is 0 Å². The SMILES string of the molecule is CNC(=O)c1cc(O/C(C)=C/c2cnc(Nc3ccc(C)cc3)nc2C)ccn1. The molecule has 0 aliphatic carbocycles. The van der Waals surface area contributed by atoms with E-state index in [1.165, 1.54) is 11.8 Å². The lowest BCUT2D eigenvalue weighted by molar-refractivity contribution is 0.0957. The lowest BCUT2D eigenvalue weighted by Crippen LogP contribution is -2.19. The van der Waals surface area contributed by atoms with Crippen molar-refractivity contribution < 1.29 is 9.53 Å². The maximum atomic E-state index is 11.7. The Balaban J connectivity index is 1.72. The molecule has 3 aromatic rings. The van der Waals surface area contributed by atoms with Crippen LogP contribution < -0.4 is 15.4 Å². The van der Waals surface area contributed by atoms with E-state index in [2.05, 4.69) is 25.6 Å². The summed E-state index contributed by atoms with van der Waals surface area (Å²) in [5.41, 5.74) is 4.09. The molecule has 0 bridgehead atoms. The highest BCUT2D eigenvalue weighted by Crippen LogP contribution is 2.19. The minimum Gasteiger partial charge on any atom is -0.462 e. The third-order valence-corrected chi connectivity index (χ3v) is 4.15.